The van der Waals surface area contributed by atoms with Crippen LogP contribution in [-0.4, -0.2) is 17.6 Å². The molecule has 0 bridgehead atoms. The number of nitrogens with one attached hydrogen (secondary N) is 1. The lowest BCUT2D eigenvalue weighted by Gasteiger charge is -2.21. The SMILES string of the molecule is Cc1ccc(C(C)(C)C)cc1NC/C=C/C(=O)O. The maximum Gasteiger partial charge on any atom is 0.328 e. The summed E-state index contributed by atoms with van der Waals surface area (Å²) in [5.74, 6) is -0.919. The van der Waals surface area contributed by atoms with E-state index in [0.717, 1.165) is 17.3 Å². The lowest BCUT2D eigenvalue weighted by molar-refractivity contribution is -0.131. The van der Waals surface area contributed by atoms with Gasteiger partial charge in [0.15, 0.2) is 0 Å². The van der Waals surface area contributed by atoms with Crippen molar-refractivity contribution in [3.63, 3.8) is 0 Å². The third-order valence-corrected chi connectivity index (χ3v) is 2.77. The second kappa shape index (κ2) is 5.71. The number of hydrogen-bond donors (Lipinski definition) is 2. The van der Waals surface area contributed by atoms with Gasteiger partial charge in [-0.2, -0.15) is 0 Å². The first-order chi connectivity index (χ1) is 8.30. The Balaban J connectivity index is 2.79. The van der Waals surface area contributed by atoms with E-state index in [1.807, 2.05) is 6.92 Å². The summed E-state index contributed by atoms with van der Waals surface area (Å²) in [5, 5.41) is 11.7. The third-order valence-electron chi connectivity index (χ3n) is 2.77. The van der Waals surface area contributed by atoms with Crippen LogP contribution in [0.5, 0.6) is 0 Å². The van der Waals surface area contributed by atoms with Crippen LogP contribution in [0, 0.1) is 6.92 Å². The second-order valence-corrected chi connectivity index (χ2v) is 5.40. The first-order valence-electron chi connectivity index (χ1n) is 6.05. The third kappa shape index (κ3) is 4.24. The van der Waals surface area contributed by atoms with Gasteiger partial charge in [0.2, 0.25) is 0 Å². The molecule has 0 atom stereocenters. The second-order valence-electron chi connectivity index (χ2n) is 5.40. The van der Waals surface area contributed by atoms with Crippen LogP contribution in [0.1, 0.15) is 31.9 Å². The van der Waals surface area contributed by atoms with E-state index in [4.69, 9.17) is 5.11 Å². The number of carbonyl (C=O) groups is 1. The molecule has 2 N–H and O–H groups in total. The van der Waals surface area contributed by atoms with Gasteiger partial charge in [-0.3, -0.25) is 0 Å². The highest BCUT2D eigenvalue weighted by atomic mass is 16.4. The molecule has 0 radical (unpaired) electrons. The van der Waals surface area contributed by atoms with E-state index < -0.39 is 5.97 Å². The fraction of sp³-hybridized carbons (Fsp3) is 0.400. The van der Waals surface area contributed by atoms with Crippen molar-refractivity contribution in [2.45, 2.75) is 33.1 Å². The lowest BCUT2D eigenvalue weighted by Crippen LogP contribution is -2.12. The number of aliphatic carboxylic acids is 1. The van der Waals surface area contributed by atoms with Crippen LogP contribution in [-0.2, 0) is 10.2 Å². The Kier molecular flexibility index (Phi) is 4.54. The minimum atomic E-state index is -0.919. The van der Waals surface area contributed by atoms with Crippen molar-refractivity contribution in [2.24, 2.45) is 0 Å². The average molecular weight is 247 g/mol. The van der Waals surface area contributed by atoms with Crippen LogP contribution in [0.2, 0.25) is 0 Å². The van der Waals surface area contributed by atoms with Crippen molar-refractivity contribution in [1.29, 1.82) is 0 Å². The normalized spacial score (nSPS) is 11.8. The van der Waals surface area contributed by atoms with Gasteiger partial charge in [-0.15, -0.1) is 0 Å². The maximum absolute atomic E-state index is 10.3. The molecule has 0 aromatic heterocycles. The molecule has 1 aromatic carbocycles. The summed E-state index contributed by atoms with van der Waals surface area (Å²) in [6.45, 7) is 9.07. The highest BCUT2D eigenvalue weighted by molar-refractivity contribution is 5.79. The Morgan fingerprint density at radius 1 is 1.39 bits per heavy atom. The number of rotatable bonds is 4. The standard InChI is InChI=1S/C15H21NO2/c1-11-7-8-12(15(2,3)4)10-13(11)16-9-5-6-14(17)18/h5-8,10,16H,9H2,1-4H3,(H,17,18)/b6-5+. The van der Waals surface area contributed by atoms with Crippen LogP contribution < -0.4 is 5.32 Å². The minimum absolute atomic E-state index is 0.112. The zero-order chi connectivity index (χ0) is 13.8. The highest BCUT2D eigenvalue weighted by Gasteiger charge is 2.14. The lowest BCUT2D eigenvalue weighted by atomic mass is 9.86. The van der Waals surface area contributed by atoms with Gasteiger partial charge in [-0.1, -0.05) is 39.0 Å². The zero-order valence-electron chi connectivity index (χ0n) is 11.4. The van der Waals surface area contributed by atoms with Crippen LogP contribution in [0.4, 0.5) is 5.69 Å². The first kappa shape index (κ1) is 14.3. The van der Waals surface area contributed by atoms with E-state index >= 15 is 0 Å². The Morgan fingerprint density at radius 2 is 2.06 bits per heavy atom. The first-order valence-corrected chi connectivity index (χ1v) is 6.05. The molecule has 18 heavy (non-hydrogen) atoms. The topological polar surface area (TPSA) is 49.3 Å². The van der Waals surface area contributed by atoms with E-state index in [0.29, 0.717) is 6.54 Å². The van der Waals surface area contributed by atoms with E-state index in [9.17, 15) is 4.79 Å². The average Bonchev–Trinajstić information content (AvgIpc) is 2.24. The molecular weight excluding hydrogens is 226 g/mol. The molecule has 0 aliphatic carbocycles. The molecule has 0 spiro atoms. The van der Waals surface area contributed by atoms with Crippen LogP contribution in [0.15, 0.2) is 30.4 Å². The predicted octanol–water partition coefficient (Wildman–Crippen LogP) is 3.35. The molecule has 3 nitrogen and oxygen atoms in total. The molecule has 0 heterocycles. The van der Waals surface area contributed by atoms with Crippen LogP contribution in [0.25, 0.3) is 0 Å². The number of hydrogen-bond acceptors (Lipinski definition) is 2. The van der Waals surface area contributed by atoms with Gasteiger partial charge in [0.25, 0.3) is 0 Å². The van der Waals surface area contributed by atoms with Crippen LogP contribution >= 0.6 is 0 Å². The Morgan fingerprint density at radius 3 is 2.61 bits per heavy atom. The molecule has 1 rings (SSSR count). The number of carboxylic acid groups (broad SMARTS) is 1. The van der Waals surface area contributed by atoms with Gasteiger partial charge in [0.1, 0.15) is 0 Å². The summed E-state index contributed by atoms with van der Waals surface area (Å²) in [7, 11) is 0. The molecule has 0 aliphatic rings. The van der Waals surface area contributed by atoms with E-state index in [2.05, 4.69) is 44.3 Å². The monoisotopic (exact) mass is 247 g/mol. The zero-order valence-corrected chi connectivity index (χ0v) is 11.4. The molecule has 0 fully saturated rings. The van der Waals surface area contributed by atoms with E-state index in [-0.39, 0.29) is 5.41 Å². The summed E-state index contributed by atoms with van der Waals surface area (Å²) in [5.41, 5.74) is 3.59. The molecule has 1 aromatic rings. The summed E-state index contributed by atoms with van der Waals surface area (Å²) in [6, 6.07) is 6.35. The summed E-state index contributed by atoms with van der Waals surface area (Å²) in [4.78, 5) is 10.3. The van der Waals surface area contributed by atoms with Gasteiger partial charge < -0.3 is 10.4 Å². The molecule has 0 aliphatic heterocycles. The van der Waals surface area contributed by atoms with Gasteiger partial charge in [-0.05, 0) is 29.5 Å². The van der Waals surface area contributed by atoms with Crippen molar-refractivity contribution < 1.29 is 9.90 Å². The highest BCUT2D eigenvalue weighted by Crippen LogP contribution is 2.26. The fourth-order valence-electron chi connectivity index (χ4n) is 1.61. The fourth-order valence-corrected chi connectivity index (χ4v) is 1.61. The number of anilines is 1. The van der Waals surface area contributed by atoms with Crippen LogP contribution in [0.3, 0.4) is 0 Å². The molecular formula is C15H21NO2. The number of benzene rings is 1. The van der Waals surface area contributed by atoms with E-state index in [1.54, 1.807) is 6.08 Å². The van der Waals surface area contributed by atoms with Crippen molar-refractivity contribution in [2.75, 3.05) is 11.9 Å². The number of aryl methyl sites for hydroxylation is 1. The Hall–Kier alpha value is -1.77. The van der Waals surface area contributed by atoms with Gasteiger partial charge in [0, 0.05) is 18.3 Å². The summed E-state index contributed by atoms with van der Waals surface area (Å²) >= 11 is 0. The smallest absolute Gasteiger partial charge is 0.328 e. The van der Waals surface area contributed by atoms with Crippen molar-refractivity contribution in [3.05, 3.63) is 41.5 Å². The molecule has 0 amide bonds. The quantitative estimate of drug-likeness (QED) is 0.802. The Bertz CT molecular complexity index is 456. The van der Waals surface area contributed by atoms with Gasteiger partial charge in [-0.25, -0.2) is 4.79 Å². The molecule has 0 unspecified atom stereocenters. The largest absolute Gasteiger partial charge is 0.478 e. The van der Waals surface area contributed by atoms with E-state index in [1.165, 1.54) is 5.56 Å². The maximum atomic E-state index is 10.3. The molecule has 0 saturated heterocycles. The molecule has 0 saturated carbocycles. The number of carboxylic acids is 1. The predicted molar refractivity (Wildman–Crippen MR) is 75.1 cm³/mol. The van der Waals surface area contributed by atoms with Gasteiger partial charge >= 0.3 is 5.97 Å². The molecule has 98 valence electrons. The minimum Gasteiger partial charge on any atom is -0.478 e. The van der Waals surface area contributed by atoms with Crippen molar-refractivity contribution in [3.8, 4) is 0 Å². The van der Waals surface area contributed by atoms with Crippen molar-refractivity contribution >= 4 is 11.7 Å². The summed E-state index contributed by atoms with van der Waals surface area (Å²) < 4.78 is 0. The Labute approximate surface area is 109 Å². The molecule has 3 heteroatoms. The van der Waals surface area contributed by atoms with Crippen molar-refractivity contribution in [1.82, 2.24) is 0 Å². The van der Waals surface area contributed by atoms with Gasteiger partial charge in [0.05, 0.1) is 0 Å². The summed E-state index contributed by atoms with van der Waals surface area (Å²) in [6.07, 6.45) is 2.75.